The third-order valence-corrected chi connectivity index (χ3v) is 4.59. The Bertz CT molecular complexity index is 665. The number of nitrogens with zero attached hydrogens (tertiary/aromatic N) is 1. The van der Waals surface area contributed by atoms with E-state index in [0.717, 1.165) is 5.56 Å². The average molecular weight is 269 g/mol. The van der Waals surface area contributed by atoms with Crippen LogP contribution in [0.4, 0.5) is 5.69 Å². The largest absolute Gasteiger partial charge is 0.362 e. The first kappa shape index (κ1) is 11.9. The summed E-state index contributed by atoms with van der Waals surface area (Å²) in [7, 11) is 0. The Balaban J connectivity index is 1.79. The van der Waals surface area contributed by atoms with E-state index in [2.05, 4.69) is 0 Å². The van der Waals surface area contributed by atoms with E-state index in [-0.39, 0.29) is 29.8 Å². The van der Waals surface area contributed by atoms with E-state index < -0.39 is 5.60 Å². The monoisotopic (exact) mass is 269 g/mol. The van der Waals surface area contributed by atoms with Crippen LogP contribution in [0.15, 0.2) is 36.4 Å². The lowest BCUT2D eigenvalue weighted by atomic mass is 9.78. The smallest absolute Gasteiger partial charge is 0.241 e. The predicted octanol–water partition coefficient (Wildman–Crippen LogP) is 1.83. The molecule has 4 nitrogen and oxygen atoms in total. The average Bonchev–Trinajstić information content (AvgIpc) is 2.99. The minimum absolute atomic E-state index is 0.135. The van der Waals surface area contributed by atoms with Gasteiger partial charge in [-0.2, -0.15) is 0 Å². The summed E-state index contributed by atoms with van der Waals surface area (Å²) in [6.45, 7) is 3.84. The maximum absolute atomic E-state index is 12.7. The number of hydrogen-bond donors (Lipinski definition) is 0. The van der Waals surface area contributed by atoms with Gasteiger partial charge in [0, 0.05) is 0 Å². The number of anilines is 1. The second kappa shape index (κ2) is 3.58. The van der Waals surface area contributed by atoms with Gasteiger partial charge < -0.3 is 4.74 Å². The normalized spacial score (nSPS) is 37.9. The van der Waals surface area contributed by atoms with Gasteiger partial charge in [-0.15, -0.1) is 0 Å². The van der Waals surface area contributed by atoms with Crippen molar-refractivity contribution in [1.82, 2.24) is 0 Å². The molecule has 2 fully saturated rings. The highest BCUT2D eigenvalue weighted by atomic mass is 16.5. The molecule has 3 heterocycles. The van der Waals surface area contributed by atoms with Crippen LogP contribution < -0.4 is 4.90 Å². The molecule has 1 aromatic rings. The summed E-state index contributed by atoms with van der Waals surface area (Å²) in [5, 5.41) is 0. The molecule has 4 rings (SSSR count). The molecule has 4 atom stereocenters. The Hall–Kier alpha value is -1.94. The Morgan fingerprint density at radius 3 is 2.75 bits per heavy atom. The molecule has 2 saturated heterocycles. The highest BCUT2D eigenvalue weighted by molar-refractivity contribution is 6.23. The molecule has 20 heavy (non-hydrogen) atoms. The zero-order valence-electron chi connectivity index (χ0n) is 11.4. The van der Waals surface area contributed by atoms with Crippen LogP contribution in [0.3, 0.4) is 0 Å². The molecule has 0 spiro atoms. The molecule has 0 aliphatic carbocycles. The number of hydrogen-bond acceptors (Lipinski definition) is 3. The Morgan fingerprint density at radius 2 is 2.05 bits per heavy atom. The van der Waals surface area contributed by atoms with E-state index in [4.69, 9.17) is 4.74 Å². The fourth-order valence-corrected chi connectivity index (χ4v) is 3.67. The molecule has 1 aromatic carbocycles. The Morgan fingerprint density at radius 1 is 1.25 bits per heavy atom. The van der Waals surface area contributed by atoms with Crippen molar-refractivity contribution in [3.63, 3.8) is 0 Å². The number of carbonyl (C=O) groups excluding carboxylic acids is 2. The topological polar surface area (TPSA) is 46.6 Å². The maximum atomic E-state index is 12.7. The lowest BCUT2D eigenvalue weighted by molar-refractivity contribution is -0.126. The van der Waals surface area contributed by atoms with Crippen molar-refractivity contribution in [3.8, 4) is 0 Å². The SMILES string of the molecule is Cc1cccc(N2C(=O)[C@H]3[C@@H](C2=O)[C@@]2(C)C=C[C@H]3O2)c1. The number of amides is 2. The van der Waals surface area contributed by atoms with Crippen LogP contribution in [0, 0.1) is 18.8 Å². The highest BCUT2D eigenvalue weighted by Gasteiger charge is 2.65. The van der Waals surface area contributed by atoms with Gasteiger partial charge in [0.1, 0.15) is 0 Å². The molecule has 0 saturated carbocycles. The van der Waals surface area contributed by atoms with Gasteiger partial charge in [-0.25, -0.2) is 4.90 Å². The van der Waals surface area contributed by atoms with Gasteiger partial charge in [0.05, 0.1) is 29.2 Å². The van der Waals surface area contributed by atoms with Crippen LogP contribution in [-0.4, -0.2) is 23.5 Å². The number of ether oxygens (including phenoxy) is 1. The molecule has 2 amide bonds. The molecule has 4 heteroatoms. The number of rotatable bonds is 1. The predicted molar refractivity (Wildman–Crippen MR) is 73.1 cm³/mol. The van der Waals surface area contributed by atoms with Crippen molar-refractivity contribution in [3.05, 3.63) is 42.0 Å². The summed E-state index contributed by atoms with van der Waals surface area (Å²) >= 11 is 0. The van der Waals surface area contributed by atoms with Crippen LogP contribution in [0.5, 0.6) is 0 Å². The number of imide groups is 1. The number of carbonyl (C=O) groups is 2. The highest BCUT2D eigenvalue weighted by Crippen LogP contribution is 2.52. The van der Waals surface area contributed by atoms with Crippen molar-refractivity contribution in [2.45, 2.75) is 25.6 Å². The van der Waals surface area contributed by atoms with Crippen molar-refractivity contribution >= 4 is 17.5 Å². The van der Waals surface area contributed by atoms with Crippen LogP contribution in [0.25, 0.3) is 0 Å². The molecule has 102 valence electrons. The van der Waals surface area contributed by atoms with Crippen LogP contribution in [0.2, 0.25) is 0 Å². The zero-order chi connectivity index (χ0) is 14.1. The molecule has 0 radical (unpaired) electrons. The summed E-state index contributed by atoms with van der Waals surface area (Å²) < 4.78 is 5.80. The van der Waals surface area contributed by atoms with Gasteiger partial charge in [-0.05, 0) is 31.5 Å². The lowest BCUT2D eigenvalue weighted by Gasteiger charge is -2.24. The van der Waals surface area contributed by atoms with Crippen LogP contribution in [-0.2, 0) is 14.3 Å². The molecule has 3 aliphatic heterocycles. The van der Waals surface area contributed by atoms with E-state index in [1.54, 1.807) is 0 Å². The molecule has 0 unspecified atom stereocenters. The minimum Gasteiger partial charge on any atom is -0.362 e. The summed E-state index contributed by atoms with van der Waals surface area (Å²) in [5.41, 5.74) is 1.07. The van der Waals surface area contributed by atoms with E-state index in [9.17, 15) is 9.59 Å². The van der Waals surface area contributed by atoms with E-state index >= 15 is 0 Å². The summed E-state index contributed by atoms with van der Waals surface area (Å²) in [6.07, 6.45) is 3.58. The van der Waals surface area contributed by atoms with Gasteiger partial charge in [0.15, 0.2) is 0 Å². The van der Waals surface area contributed by atoms with Crippen molar-refractivity contribution in [2.24, 2.45) is 11.8 Å². The van der Waals surface area contributed by atoms with Gasteiger partial charge in [-0.1, -0.05) is 24.3 Å². The quantitative estimate of drug-likeness (QED) is 0.577. The molecule has 2 bridgehead atoms. The number of benzene rings is 1. The van der Waals surface area contributed by atoms with Crippen LogP contribution in [0.1, 0.15) is 12.5 Å². The zero-order valence-corrected chi connectivity index (χ0v) is 11.4. The molecule has 0 N–H and O–H groups in total. The molecular formula is C16H15NO3. The van der Waals surface area contributed by atoms with Gasteiger partial charge in [0.2, 0.25) is 11.8 Å². The third kappa shape index (κ3) is 1.29. The first-order valence-electron chi connectivity index (χ1n) is 6.83. The summed E-state index contributed by atoms with van der Waals surface area (Å²) in [6, 6.07) is 7.49. The number of fused-ring (bicyclic) bond motifs is 5. The van der Waals surface area contributed by atoms with Gasteiger partial charge >= 0.3 is 0 Å². The van der Waals surface area contributed by atoms with Gasteiger partial charge in [0.25, 0.3) is 0 Å². The number of aryl methyl sites for hydroxylation is 1. The maximum Gasteiger partial charge on any atom is 0.241 e. The summed E-state index contributed by atoms with van der Waals surface area (Å²) in [4.78, 5) is 26.7. The van der Waals surface area contributed by atoms with E-state index in [0.29, 0.717) is 5.69 Å². The first-order chi connectivity index (χ1) is 9.51. The molecular weight excluding hydrogens is 254 g/mol. The molecule has 3 aliphatic rings. The molecule has 0 aromatic heterocycles. The van der Waals surface area contributed by atoms with Crippen molar-refractivity contribution in [2.75, 3.05) is 4.90 Å². The standard InChI is InChI=1S/C16H15NO3/c1-9-4-3-5-10(8-9)17-14(18)12-11-6-7-16(2,20-11)13(12)15(17)19/h3-8,11-13H,1-2H3/t11-,12-,13+,16-/m1/s1. The Kier molecular flexibility index (Phi) is 2.12. The fourth-order valence-electron chi connectivity index (χ4n) is 3.67. The second-order valence-electron chi connectivity index (χ2n) is 5.98. The van der Waals surface area contributed by atoms with Crippen LogP contribution >= 0.6 is 0 Å². The lowest BCUT2D eigenvalue weighted by Crippen LogP contribution is -2.38. The minimum atomic E-state index is -0.624. The van der Waals surface area contributed by atoms with E-state index in [1.165, 1.54) is 4.90 Å². The Labute approximate surface area is 117 Å². The van der Waals surface area contributed by atoms with Gasteiger partial charge in [-0.3, -0.25) is 9.59 Å². The third-order valence-electron chi connectivity index (χ3n) is 4.59. The first-order valence-corrected chi connectivity index (χ1v) is 6.83. The van der Waals surface area contributed by atoms with Crippen molar-refractivity contribution in [1.29, 1.82) is 0 Å². The summed E-state index contributed by atoms with van der Waals surface area (Å²) in [5.74, 6) is -1.02. The van der Waals surface area contributed by atoms with E-state index in [1.807, 2.05) is 50.3 Å². The van der Waals surface area contributed by atoms with Crippen molar-refractivity contribution < 1.29 is 14.3 Å². The fraction of sp³-hybridized carbons (Fsp3) is 0.375. The second-order valence-corrected chi connectivity index (χ2v) is 5.98.